The maximum Gasteiger partial charge on any atom is 0.356 e. The number of nitrogens with zero attached hydrogens (tertiary/aromatic N) is 1. The number of rotatable bonds is 36. The highest BCUT2D eigenvalue weighted by Gasteiger charge is 2.24. The summed E-state index contributed by atoms with van der Waals surface area (Å²) >= 11 is 0. The van der Waals surface area contributed by atoms with Crippen LogP contribution >= 0.6 is 0 Å². The molecular weight excluding hydrogens is 614 g/mol. The number of hydrogen-bond acceptors (Lipinski definition) is 5. The number of aromatic carboxylic acids is 1. The number of hydrogen-bond donors (Lipinski definition) is 1. The molecule has 0 radical (unpaired) electrons. The van der Waals surface area contributed by atoms with Crippen LogP contribution in [0.15, 0.2) is 12.3 Å². The van der Waals surface area contributed by atoms with Crippen LogP contribution in [-0.2, 0) is 14.3 Å². The zero-order chi connectivity index (χ0) is 35.8. The molecule has 0 saturated heterocycles. The van der Waals surface area contributed by atoms with Gasteiger partial charge in [0.2, 0.25) is 0 Å². The lowest BCUT2D eigenvalue weighted by Crippen LogP contribution is -2.24. The standard InChI is InChI=1S/C42H77NO6/c1-5-9-12-15-18-19-20-21-22-25-30-37(8-4)38-33-34-43(41(38)42(45)46)49-39(44)31-26-27-32-40(47-35-28-23-16-13-10-6-2)48-36-29-24-17-14-11-7-3/h33-34,37,40H,5-32,35-36H2,1-4H3,(H,45,46). The molecule has 7 nitrogen and oxygen atoms in total. The third-order valence-electron chi connectivity index (χ3n) is 9.80. The lowest BCUT2D eigenvalue weighted by Gasteiger charge is -2.19. The quantitative estimate of drug-likeness (QED) is 0.0557. The predicted octanol–water partition coefficient (Wildman–Crippen LogP) is 12.6. The first kappa shape index (κ1) is 45.2. The van der Waals surface area contributed by atoms with Crippen molar-refractivity contribution < 1.29 is 29.0 Å². The second-order valence-corrected chi connectivity index (χ2v) is 14.2. The van der Waals surface area contributed by atoms with Crippen molar-refractivity contribution >= 4 is 11.9 Å². The van der Waals surface area contributed by atoms with E-state index in [2.05, 4.69) is 27.7 Å². The summed E-state index contributed by atoms with van der Waals surface area (Å²) in [5.41, 5.74) is 0.852. The van der Waals surface area contributed by atoms with Gasteiger partial charge in [0.05, 0.1) is 0 Å². The Labute approximate surface area is 301 Å². The van der Waals surface area contributed by atoms with Crippen LogP contribution in [0.1, 0.15) is 229 Å². The van der Waals surface area contributed by atoms with E-state index in [1.807, 2.05) is 6.07 Å². The molecule has 0 aliphatic carbocycles. The summed E-state index contributed by atoms with van der Waals surface area (Å²) < 4.78 is 13.4. The average Bonchev–Trinajstić information content (AvgIpc) is 3.51. The summed E-state index contributed by atoms with van der Waals surface area (Å²) in [5.74, 6) is -1.32. The zero-order valence-electron chi connectivity index (χ0n) is 32.5. The predicted molar refractivity (Wildman–Crippen MR) is 203 cm³/mol. The molecule has 1 atom stereocenters. The summed E-state index contributed by atoms with van der Waals surface area (Å²) in [7, 11) is 0. The first-order valence-electron chi connectivity index (χ1n) is 20.9. The van der Waals surface area contributed by atoms with E-state index in [0.29, 0.717) is 19.6 Å². The molecule has 1 heterocycles. The molecule has 1 N–H and O–H groups in total. The van der Waals surface area contributed by atoms with Crippen molar-refractivity contribution in [2.75, 3.05) is 13.2 Å². The van der Waals surface area contributed by atoms with Crippen molar-refractivity contribution in [3.63, 3.8) is 0 Å². The van der Waals surface area contributed by atoms with Crippen LogP contribution in [0.2, 0.25) is 0 Å². The van der Waals surface area contributed by atoms with Gasteiger partial charge >= 0.3 is 11.9 Å². The molecule has 1 aromatic rings. The normalized spacial score (nSPS) is 12.2. The van der Waals surface area contributed by atoms with Gasteiger partial charge in [-0.3, -0.25) is 0 Å². The van der Waals surface area contributed by atoms with E-state index >= 15 is 0 Å². The van der Waals surface area contributed by atoms with E-state index in [1.165, 1.54) is 127 Å². The molecule has 286 valence electrons. The van der Waals surface area contributed by atoms with E-state index in [4.69, 9.17) is 14.3 Å². The molecule has 1 aromatic heterocycles. The Hall–Kier alpha value is -1.86. The minimum atomic E-state index is -1.05. The van der Waals surface area contributed by atoms with Crippen LogP contribution in [0, 0.1) is 0 Å². The summed E-state index contributed by atoms with van der Waals surface area (Å²) in [6, 6.07) is 1.83. The highest BCUT2D eigenvalue weighted by atomic mass is 16.7. The number of unbranched alkanes of at least 4 members (excludes halogenated alkanes) is 20. The maximum absolute atomic E-state index is 12.8. The van der Waals surface area contributed by atoms with Gasteiger partial charge in [-0.25, -0.2) is 9.59 Å². The second-order valence-electron chi connectivity index (χ2n) is 14.2. The molecule has 0 fully saturated rings. The number of ether oxygens (including phenoxy) is 2. The summed E-state index contributed by atoms with van der Waals surface area (Å²) in [6.45, 7) is 10.3. The first-order valence-corrected chi connectivity index (χ1v) is 20.9. The van der Waals surface area contributed by atoms with E-state index in [-0.39, 0.29) is 24.3 Å². The molecule has 7 heteroatoms. The average molecular weight is 692 g/mol. The van der Waals surface area contributed by atoms with Crippen LogP contribution in [-0.4, -0.2) is 41.3 Å². The van der Waals surface area contributed by atoms with Crippen LogP contribution < -0.4 is 4.84 Å². The fourth-order valence-electron chi connectivity index (χ4n) is 6.65. The van der Waals surface area contributed by atoms with E-state index in [0.717, 1.165) is 50.5 Å². The van der Waals surface area contributed by atoms with Gasteiger partial charge < -0.3 is 19.4 Å². The van der Waals surface area contributed by atoms with Crippen molar-refractivity contribution in [3.05, 3.63) is 23.5 Å². The van der Waals surface area contributed by atoms with Crippen molar-refractivity contribution in [2.45, 2.75) is 220 Å². The van der Waals surface area contributed by atoms with Crippen LogP contribution in [0.4, 0.5) is 0 Å². The van der Waals surface area contributed by atoms with Crippen LogP contribution in [0.5, 0.6) is 0 Å². The minimum Gasteiger partial charge on any atom is -0.476 e. The van der Waals surface area contributed by atoms with E-state index in [1.54, 1.807) is 6.20 Å². The molecule has 0 saturated carbocycles. The summed E-state index contributed by atoms with van der Waals surface area (Å²) in [6.07, 6.45) is 33.1. The second kappa shape index (κ2) is 32.1. The first-order chi connectivity index (χ1) is 24.0. The SMILES string of the molecule is CCCCCCCCCCCCC(CC)c1ccn(OC(=O)CCCCC(OCCCCCCCC)OCCCCCCCC)c1C(=O)O. The number of carbonyl (C=O) groups excluding carboxylic acids is 1. The van der Waals surface area contributed by atoms with Gasteiger partial charge in [0.1, 0.15) is 0 Å². The molecule has 0 amide bonds. The highest BCUT2D eigenvalue weighted by Crippen LogP contribution is 2.30. The van der Waals surface area contributed by atoms with Crippen LogP contribution in [0.25, 0.3) is 0 Å². The molecule has 1 unspecified atom stereocenters. The van der Waals surface area contributed by atoms with E-state index in [9.17, 15) is 14.7 Å². The topological polar surface area (TPSA) is 87.0 Å². The van der Waals surface area contributed by atoms with Crippen molar-refractivity contribution in [2.24, 2.45) is 0 Å². The molecule has 0 bridgehead atoms. The number of aromatic nitrogens is 1. The Balaban J connectivity index is 2.50. The third-order valence-corrected chi connectivity index (χ3v) is 9.80. The molecular formula is C42H77NO6. The van der Waals surface area contributed by atoms with Gasteiger partial charge in [-0.15, -0.1) is 0 Å². The maximum atomic E-state index is 12.8. The third kappa shape index (κ3) is 23.3. The molecule has 1 rings (SSSR count). The number of carboxylic acids is 1. The minimum absolute atomic E-state index is 0.0820. The Morgan fingerprint density at radius 3 is 1.53 bits per heavy atom. The van der Waals surface area contributed by atoms with Gasteiger partial charge in [0.15, 0.2) is 12.0 Å². The Morgan fingerprint density at radius 2 is 1.06 bits per heavy atom. The van der Waals surface area contributed by atoms with Crippen LogP contribution in [0.3, 0.4) is 0 Å². The fourth-order valence-corrected chi connectivity index (χ4v) is 6.65. The Bertz CT molecular complexity index is 897. The van der Waals surface area contributed by atoms with Gasteiger partial charge in [-0.05, 0) is 62.5 Å². The zero-order valence-corrected chi connectivity index (χ0v) is 32.5. The number of carbonyl (C=O) groups is 2. The Kier molecular flexibility index (Phi) is 29.6. The van der Waals surface area contributed by atoms with Crippen molar-refractivity contribution in [1.29, 1.82) is 0 Å². The molecule has 0 aliphatic heterocycles. The molecule has 49 heavy (non-hydrogen) atoms. The number of carboxylic acid groups (broad SMARTS) is 1. The van der Waals surface area contributed by atoms with Gasteiger partial charge in [0, 0.05) is 25.8 Å². The fraction of sp³-hybridized carbons (Fsp3) is 0.857. The van der Waals surface area contributed by atoms with Gasteiger partial charge in [-0.2, -0.15) is 4.73 Å². The molecule has 0 aliphatic rings. The smallest absolute Gasteiger partial charge is 0.356 e. The highest BCUT2D eigenvalue weighted by molar-refractivity contribution is 5.88. The lowest BCUT2D eigenvalue weighted by molar-refractivity contribution is -0.150. The molecule has 0 spiro atoms. The van der Waals surface area contributed by atoms with E-state index < -0.39 is 11.9 Å². The molecule has 0 aromatic carbocycles. The van der Waals surface area contributed by atoms with Gasteiger partial charge in [0.25, 0.3) is 0 Å². The van der Waals surface area contributed by atoms with Crippen molar-refractivity contribution in [1.82, 2.24) is 4.73 Å². The monoisotopic (exact) mass is 692 g/mol. The largest absolute Gasteiger partial charge is 0.476 e. The summed E-state index contributed by atoms with van der Waals surface area (Å²) in [5, 5.41) is 10.1. The lowest BCUT2D eigenvalue weighted by atomic mass is 9.90. The Morgan fingerprint density at radius 1 is 0.612 bits per heavy atom. The van der Waals surface area contributed by atoms with Gasteiger partial charge in [-0.1, -0.05) is 156 Å². The van der Waals surface area contributed by atoms with Crippen molar-refractivity contribution in [3.8, 4) is 0 Å². The summed E-state index contributed by atoms with van der Waals surface area (Å²) in [4.78, 5) is 30.6.